The molecule has 0 nitrogen and oxygen atoms in total. The maximum atomic E-state index is 4.94. The van der Waals surface area contributed by atoms with Crippen LogP contribution in [-0.2, 0) is 25.3 Å². The van der Waals surface area contributed by atoms with Crippen LogP contribution in [0, 0.1) is 0 Å². The van der Waals surface area contributed by atoms with E-state index in [4.69, 9.17) is 12.6 Å². The summed E-state index contributed by atoms with van der Waals surface area (Å²) in [4.78, 5) is 0. The Bertz CT molecular complexity index is 68.6. The van der Waals surface area contributed by atoms with Crippen LogP contribution in [0.2, 0.25) is 0 Å². The smallest absolute Gasteiger partial charge is 0.796 e. The van der Waals surface area contributed by atoms with Crippen molar-refractivity contribution in [1.29, 1.82) is 0 Å². The van der Waals surface area contributed by atoms with Crippen LogP contribution in [0.5, 0.6) is 0 Å². The maximum Gasteiger partial charge on any atom is 1.00 e. The molecule has 0 aromatic heterocycles. The van der Waals surface area contributed by atoms with Crippen molar-refractivity contribution in [2.75, 3.05) is 29.3 Å². The van der Waals surface area contributed by atoms with E-state index in [1.165, 1.54) is 17.3 Å². The fraction of sp³-hybridized carbons (Fsp3) is 1.00. The Balaban J connectivity index is -0.000000189. The first-order chi connectivity index (χ1) is 4.93. The minimum Gasteiger partial charge on any atom is -0.796 e. The normalized spacial score (nSPS) is 20.8. The van der Waals surface area contributed by atoms with Crippen molar-refractivity contribution in [2.45, 2.75) is 5.25 Å². The van der Waals surface area contributed by atoms with E-state index in [1.54, 1.807) is 6.26 Å². The first kappa shape index (κ1) is 20.8. The molecule has 1 aliphatic rings. The Morgan fingerprint density at radius 1 is 1.25 bits per heavy atom. The zero-order valence-electron chi connectivity index (χ0n) is 8.04. The van der Waals surface area contributed by atoms with Crippen LogP contribution in [0.1, 0.15) is 0 Å². The molecule has 1 unspecified atom stereocenters. The van der Waals surface area contributed by atoms with Crippen LogP contribution in [-0.4, -0.2) is 34.5 Å². The molecule has 1 aliphatic heterocycles. The van der Waals surface area contributed by atoms with E-state index in [-0.39, 0.29) is 59.1 Å². The maximum absolute atomic E-state index is 4.94. The molecular weight excluding hydrogens is 246 g/mol. The first-order valence-corrected chi connectivity index (χ1v) is 6.71. The van der Waals surface area contributed by atoms with Crippen molar-refractivity contribution < 1.29 is 59.1 Å². The minimum atomic E-state index is 0. The molecule has 6 heteroatoms. The molecule has 0 spiro atoms. The van der Waals surface area contributed by atoms with Crippen molar-refractivity contribution in [1.82, 2.24) is 0 Å². The van der Waals surface area contributed by atoms with Gasteiger partial charge < -0.3 is 25.3 Å². The van der Waals surface area contributed by atoms with Crippen LogP contribution in [0.15, 0.2) is 0 Å². The van der Waals surface area contributed by atoms with Crippen molar-refractivity contribution >= 4 is 48.8 Å². The van der Waals surface area contributed by atoms with E-state index < -0.39 is 0 Å². The minimum absolute atomic E-state index is 0. The summed E-state index contributed by atoms with van der Waals surface area (Å²) in [5.74, 6) is 4.87. The summed E-state index contributed by atoms with van der Waals surface area (Å²) in [7, 11) is 0. The third-order valence-corrected chi connectivity index (χ3v) is 4.53. The molecule has 0 N–H and O–H groups in total. The summed E-state index contributed by atoms with van der Waals surface area (Å²) in [6.07, 6.45) is 1.58. The van der Waals surface area contributed by atoms with Crippen LogP contribution >= 0.6 is 23.5 Å². The Labute approximate surface area is 140 Å². The van der Waals surface area contributed by atoms with Crippen LogP contribution in [0.25, 0.3) is 0 Å². The van der Waals surface area contributed by atoms with E-state index in [1.807, 2.05) is 23.5 Å². The summed E-state index contributed by atoms with van der Waals surface area (Å²) in [5.41, 5.74) is 0. The van der Waals surface area contributed by atoms with Gasteiger partial charge in [-0.15, -0.1) is 0 Å². The summed E-state index contributed by atoms with van der Waals surface area (Å²) in [6.45, 7) is 0. The van der Waals surface area contributed by atoms with Gasteiger partial charge in [0.2, 0.25) is 0 Å². The second-order valence-electron chi connectivity index (χ2n) is 1.73. The molecule has 0 amide bonds. The number of thioether (sulfide) groups is 2. The van der Waals surface area contributed by atoms with Crippen molar-refractivity contribution in [2.24, 2.45) is 0 Å². The van der Waals surface area contributed by atoms with Crippen molar-refractivity contribution in [3.8, 4) is 0 Å². The summed E-state index contributed by atoms with van der Waals surface area (Å²) in [6, 6.07) is 0. The second kappa shape index (κ2) is 16.8. The van der Waals surface area contributed by atoms with Gasteiger partial charge in [0.25, 0.3) is 0 Å². The molecule has 62 valence electrons. The van der Waals surface area contributed by atoms with Gasteiger partial charge in [0.05, 0.1) is 0 Å². The van der Waals surface area contributed by atoms with Gasteiger partial charge in [0.1, 0.15) is 0 Å². The second-order valence-corrected chi connectivity index (χ2v) is 4.63. The van der Waals surface area contributed by atoms with Gasteiger partial charge in [0, 0.05) is 17.3 Å². The molecule has 0 bridgehead atoms. The third kappa shape index (κ3) is 11.5. The largest absolute Gasteiger partial charge is 1.00 e. The molecule has 0 aromatic rings. The zero-order valence-corrected chi connectivity index (χ0v) is 15.3. The fourth-order valence-electron chi connectivity index (χ4n) is 0.633. The number of hydrogen-bond donors (Lipinski definition) is 0. The molecule has 0 radical (unpaired) electrons. The molecule has 1 heterocycles. The number of hydrogen-bond acceptors (Lipinski definition) is 4. The van der Waals surface area contributed by atoms with Gasteiger partial charge in [-0.1, -0.05) is 0 Å². The van der Waals surface area contributed by atoms with Gasteiger partial charge in [-0.3, -0.25) is 0 Å². The molecule has 1 rings (SSSR count). The Kier molecular flexibility index (Phi) is 29.1. The third-order valence-electron chi connectivity index (χ3n) is 1.07. The van der Waals surface area contributed by atoms with Gasteiger partial charge in [-0.05, 0) is 5.25 Å². The summed E-state index contributed by atoms with van der Waals surface area (Å²) >= 11 is 13.1. The Morgan fingerprint density at radius 2 is 1.83 bits per heavy atom. The van der Waals surface area contributed by atoms with E-state index in [0.29, 0.717) is 0 Å². The summed E-state index contributed by atoms with van der Waals surface area (Å²) in [5, 5.41) is 0.781. The molecule has 0 saturated carbocycles. The van der Waals surface area contributed by atoms with Gasteiger partial charge in [0.15, 0.2) is 0 Å². The first-order valence-electron chi connectivity index (χ1n) is 3.12. The number of rotatable bonds is 1. The molecule has 12 heavy (non-hydrogen) atoms. The van der Waals surface area contributed by atoms with Crippen LogP contribution in [0.3, 0.4) is 0 Å². The quantitative estimate of drug-likeness (QED) is 0.344. The van der Waals surface area contributed by atoms with E-state index in [2.05, 4.69) is 12.6 Å². The van der Waals surface area contributed by atoms with Crippen molar-refractivity contribution in [3.05, 3.63) is 0 Å². The SMILES string of the molecule is C[S-].[Na+].[Na+].[S-]CC1CSCCS1. The monoisotopic (exact) mass is 258 g/mol. The Hall–Kier alpha value is 3.40. The van der Waals surface area contributed by atoms with Crippen molar-refractivity contribution in [3.63, 3.8) is 0 Å². The predicted octanol–water partition coefficient (Wildman–Crippen LogP) is -4.45. The zero-order chi connectivity index (χ0) is 7.82. The van der Waals surface area contributed by atoms with Crippen LogP contribution < -0.4 is 59.1 Å². The average molecular weight is 258 g/mol. The predicted molar refractivity (Wildman–Crippen MR) is 59.1 cm³/mol. The molecular formula is C6H12Na2S4. The fourth-order valence-corrected chi connectivity index (χ4v) is 3.70. The average Bonchev–Trinajstić information content (AvgIpc) is 2.10. The molecule has 0 aliphatic carbocycles. The molecule has 1 saturated heterocycles. The topological polar surface area (TPSA) is 0 Å². The molecule has 0 aromatic carbocycles. The summed E-state index contributed by atoms with van der Waals surface area (Å²) < 4.78 is 0. The van der Waals surface area contributed by atoms with Crippen LogP contribution in [0.4, 0.5) is 0 Å². The van der Waals surface area contributed by atoms with Gasteiger partial charge in [-0.2, -0.15) is 35.5 Å². The van der Waals surface area contributed by atoms with E-state index >= 15 is 0 Å². The van der Waals surface area contributed by atoms with E-state index in [9.17, 15) is 0 Å². The Morgan fingerprint density at radius 3 is 2.08 bits per heavy atom. The standard InChI is InChI=1S/C5H10S3.CH4S.2Na/c6-3-5-4-7-1-2-8-5;1-2;;/h5-6H,1-4H2;2H,1H3;;/q;;2*+1/p-2. The molecule has 1 atom stereocenters. The van der Waals surface area contributed by atoms with Gasteiger partial charge in [-0.25, -0.2) is 0 Å². The van der Waals surface area contributed by atoms with E-state index in [0.717, 1.165) is 11.0 Å². The molecule has 1 fully saturated rings. The van der Waals surface area contributed by atoms with Gasteiger partial charge >= 0.3 is 59.1 Å².